The van der Waals surface area contributed by atoms with E-state index in [0.29, 0.717) is 18.3 Å². The number of nitrogens with one attached hydrogen (secondary N) is 1. The predicted octanol–water partition coefficient (Wildman–Crippen LogP) is 1.86. The van der Waals surface area contributed by atoms with Crippen LogP contribution in [0.25, 0.3) is 0 Å². The van der Waals surface area contributed by atoms with Crippen molar-refractivity contribution in [3.05, 3.63) is 0 Å². The van der Waals surface area contributed by atoms with Gasteiger partial charge in [0.15, 0.2) is 0 Å². The average Bonchev–Trinajstić information content (AvgIpc) is 2.18. The number of carbonyl (C=O) groups is 1. The standard InChI is InChI=1S/C10H17NO2/c1-6-4-10(12)13-9(5-11)8(3)7(6)2/h5-9,11H,4H2,1-3H3/t6?,7?,8-,9-/m1/s1. The molecule has 0 radical (unpaired) electrons. The Kier molecular flexibility index (Phi) is 3.07. The van der Waals surface area contributed by atoms with Gasteiger partial charge >= 0.3 is 5.97 Å². The van der Waals surface area contributed by atoms with Crippen molar-refractivity contribution in [1.82, 2.24) is 0 Å². The molecule has 0 amide bonds. The first-order chi connectivity index (χ1) is 6.06. The first-order valence-corrected chi connectivity index (χ1v) is 4.76. The summed E-state index contributed by atoms with van der Waals surface area (Å²) in [6.07, 6.45) is 1.39. The molecule has 3 heteroatoms. The fraction of sp³-hybridized carbons (Fsp3) is 0.800. The van der Waals surface area contributed by atoms with Crippen LogP contribution in [0, 0.1) is 23.2 Å². The molecule has 0 aromatic heterocycles. The van der Waals surface area contributed by atoms with E-state index in [4.69, 9.17) is 10.1 Å². The van der Waals surface area contributed by atoms with Gasteiger partial charge in [0.25, 0.3) is 0 Å². The van der Waals surface area contributed by atoms with Crippen LogP contribution in [-0.2, 0) is 9.53 Å². The molecule has 1 heterocycles. The van der Waals surface area contributed by atoms with E-state index in [-0.39, 0.29) is 18.0 Å². The predicted molar refractivity (Wildman–Crippen MR) is 50.8 cm³/mol. The zero-order chi connectivity index (χ0) is 10.0. The molecule has 74 valence electrons. The molecule has 0 aliphatic carbocycles. The van der Waals surface area contributed by atoms with Gasteiger partial charge in [-0.3, -0.25) is 4.79 Å². The molecule has 1 N–H and O–H groups in total. The highest BCUT2D eigenvalue weighted by molar-refractivity contribution is 5.74. The maximum atomic E-state index is 11.2. The minimum atomic E-state index is -0.326. The van der Waals surface area contributed by atoms with Crippen molar-refractivity contribution in [3.63, 3.8) is 0 Å². The number of cyclic esters (lactones) is 1. The molecule has 0 saturated carbocycles. The maximum absolute atomic E-state index is 11.2. The Hall–Kier alpha value is -0.860. The molecule has 1 fully saturated rings. The SMILES string of the molecule is CC1CC(=O)O[C@H](C=N)[C@H](C)C1C. The lowest BCUT2D eigenvalue weighted by Crippen LogP contribution is -2.28. The minimum Gasteiger partial charge on any atom is -0.456 e. The number of carbonyl (C=O) groups excluding carboxylic acids is 1. The Morgan fingerprint density at radius 3 is 2.54 bits per heavy atom. The summed E-state index contributed by atoms with van der Waals surface area (Å²) in [5.41, 5.74) is 0. The van der Waals surface area contributed by atoms with Crippen molar-refractivity contribution in [2.75, 3.05) is 0 Å². The van der Waals surface area contributed by atoms with Gasteiger partial charge in [-0.15, -0.1) is 0 Å². The Labute approximate surface area is 79.0 Å². The Bertz CT molecular complexity index is 215. The van der Waals surface area contributed by atoms with Gasteiger partial charge in [-0.1, -0.05) is 20.8 Å². The number of esters is 1. The molecule has 0 bridgehead atoms. The van der Waals surface area contributed by atoms with Crippen LogP contribution >= 0.6 is 0 Å². The van der Waals surface area contributed by atoms with Crippen LogP contribution in [0.5, 0.6) is 0 Å². The molecule has 0 spiro atoms. The number of rotatable bonds is 1. The van der Waals surface area contributed by atoms with E-state index in [1.807, 2.05) is 6.92 Å². The lowest BCUT2D eigenvalue weighted by Gasteiger charge is -2.24. The second-order valence-electron chi connectivity index (χ2n) is 4.02. The van der Waals surface area contributed by atoms with Crippen molar-refractivity contribution in [2.45, 2.75) is 33.3 Å². The number of ether oxygens (including phenoxy) is 1. The topological polar surface area (TPSA) is 50.2 Å². The van der Waals surface area contributed by atoms with Crippen LogP contribution in [0.3, 0.4) is 0 Å². The summed E-state index contributed by atoms with van der Waals surface area (Å²) in [6.45, 7) is 6.22. The van der Waals surface area contributed by atoms with Gasteiger partial charge in [-0.25, -0.2) is 0 Å². The first-order valence-electron chi connectivity index (χ1n) is 4.76. The third kappa shape index (κ3) is 2.08. The van der Waals surface area contributed by atoms with E-state index in [1.165, 1.54) is 6.21 Å². The van der Waals surface area contributed by atoms with E-state index in [9.17, 15) is 4.79 Å². The fourth-order valence-electron chi connectivity index (χ4n) is 1.76. The quantitative estimate of drug-likeness (QED) is 0.498. The molecule has 1 aliphatic heterocycles. The zero-order valence-electron chi connectivity index (χ0n) is 8.41. The van der Waals surface area contributed by atoms with E-state index in [2.05, 4.69) is 13.8 Å². The second-order valence-corrected chi connectivity index (χ2v) is 4.02. The van der Waals surface area contributed by atoms with Crippen molar-refractivity contribution in [3.8, 4) is 0 Å². The summed E-state index contributed by atoms with van der Waals surface area (Å²) in [5.74, 6) is 0.863. The molecule has 0 aromatic rings. The molecule has 1 aliphatic rings. The molecule has 1 saturated heterocycles. The molecular formula is C10H17NO2. The lowest BCUT2D eigenvalue weighted by atomic mass is 9.82. The van der Waals surface area contributed by atoms with Crippen LogP contribution in [0.4, 0.5) is 0 Å². The highest BCUT2D eigenvalue weighted by atomic mass is 16.5. The second kappa shape index (κ2) is 3.90. The number of hydrogen-bond donors (Lipinski definition) is 1. The summed E-state index contributed by atoms with van der Waals surface area (Å²) < 4.78 is 5.13. The Morgan fingerprint density at radius 2 is 2.00 bits per heavy atom. The highest BCUT2D eigenvalue weighted by Crippen LogP contribution is 2.30. The van der Waals surface area contributed by atoms with Crippen LogP contribution < -0.4 is 0 Å². The molecule has 3 nitrogen and oxygen atoms in total. The van der Waals surface area contributed by atoms with E-state index in [0.717, 1.165) is 0 Å². The maximum Gasteiger partial charge on any atom is 0.306 e. The van der Waals surface area contributed by atoms with Crippen LogP contribution in [0.2, 0.25) is 0 Å². The van der Waals surface area contributed by atoms with Gasteiger partial charge in [0, 0.05) is 18.6 Å². The fourth-order valence-corrected chi connectivity index (χ4v) is 1.76. The summed E-state index contributed by atoms with van der Waals surface area (Å²) in [5, 5.41) is 7.17. The first kappa shape index (κ1) is 10.2. The van der Waals surface area contributed by atoms with E-state index in [1.54, 1.807) is 0 Å². The van der Waals surface area contributed by atoms with Crippen molar-refractivity contribution >= 4 is 12.2 Å². The lowest BCUT2D eigenvalue weighted by molar-refractivity contribution is -0.146. The monoisotopic (exact) mass is 183 g/mol. The van der Waals surface area contributed by atoms with E-state index >= 15 is 0 Å². The van der Waals surface area contributed by atoms with Crippen molar-refractivity contribution in [1.29, 1.82) is 5.41 Å². The summed E-state index contributed by atoms with van der Waals surface area (Å²) in [7, 11) is 0. The molecule has 0 aromatic carbocycles. The van der Waals surface area contributed by atoms with Crippen LogP contribution in [0.1, 0.15) is 27.2 Å². The van der Waals surface area contributed by atoms with Crippen molar-refractivity contribution in [2.24, 2.45) is 17.8 Å². The third-order valence-electron chi connectivity index (χ3n) is 3.17. The van der Waals surface area contributed by atoms with Gasteiger partial charge in [0.1, 0.15) is 6.10 Å². The molecule has 13 heavy (non-hydrogen) atoms. The molecule has 2 unspecified atom stereocenters. The number of hydrogen-bond acceptors (Lipinski definition) is 3. The van der Waals surface area contributed by atoms with Gasteiger partial charge in [-0.2, -0.15) is 0 Å². The highest BCUT2D eigenvalue weighted by Gasteiger charge is 2.32. The summed E-state index contributed by atoms with van der Waals surface area (Å²) in [6, 6.07) is 0. The Balaban J connectivity index is 2.81. The largest absolute Gasteiger partial charge is 0.456 e. The van der Waals surface area contributed by atoms with Gasteiger partial charge in [0.05, 0.1) is 0 Å². The Morgan fingerprint density at radius 1 is 1.38 bits per heavy atom. The molecule has 4 atom stereocenters. The van der Waals surface area contributed by atoms with Crippen molar-refractivity contribution < 1.29 is 9.53 Å². The zero-order valence-corrected chi connectivity index (χ0v) is 8.41. The molecular weight excluding hydrogens is 166 g/mol. The van der Waals surface area contributed by atoms with E-state index < -0.39 is 0 Å². The minimum absolute atomic E-state index is 0.169. The summed E-state index contributed by atoms with van der Waals surface area (Å²) in [4.78, 5) is 11.2. The smallest absolute Gasteiger partial charge is 0.306 e. The molecule has 1 rings (SSSR count). The van der Waals surface area contributed by atoms with Gasteiger partial charge in [-0.05, 0) is 11.8 Å². The summed E-state index contributed by atoms with van der Waals surface area (Å²) >= 11 is 0. The van der Waals surface area contributed by atoms with Crippen LogP contribution in [-0.4, -0.2) is 18.3 Å². The third-order valence-corrected chi connectivity index (χ3v) is 3.17. The van der Waals surface area contributed by atoms with Gasteiger partial charge in [0.2, 0.25) is 0 Å². The average molecular weight is 183 g/mol. The van der Waals surface area contributed by atoms with Gasteiger partial charge < -0.3 is 10.1 Å². The van der Waals surface area contributed by atoms with Crippen LogP contribution in [0.15, 0.2) is 0 Å². The normalized spacial score (nSPS) is 40.7.